The maximum Gasteiger partial charge on any atom is -0.0240 e. The molecule has 0 nitrogen and oxygen atoms in total. The minimum Gasteiger partial charge on any atom is -0.0999 e. The zero-order valence-electron chi connectivity index (χ0n) is 9.49. The van der Waals surface area contributed by atoms with E-state index < -0.39 is 0 Å². The molecule has 0 aliphatic heterocycles. The van der Waals surface area contributed by atoms with Crippen molar-refractivity contribution in [3.05, 3.63) is 12.2 Å². The molecule has 0 heteroatoms. The fourth-order valence-electron chi connectivity index (χ4n) is 0.348. The van der Waals surface area contributed by atoms with E-state index in [1.807, 2.05) is 27.7 Å². The topological polar surface area (TPSA) is 0 Å². The Morgan fingerprint density at radius 3 is 1.45 bits per heavy atom. The van der Waals surface area contributed by atoms with Gasteiger partial charge in [-0.2, -0.15) is 0 Å². The molecular weight excluding hydrogens is 132 g/mol. The van der Waals surface area contributed by atoms with E-state index >= 15 is 0 Å². The molecule has 0 aromatic heterocycles. The molecule has 0 radical (unpaired) electrons. The van der Waals surface area contributed by atoms with Crippen LogP contribution < -0.4 is 0 Å². The van der Waals surface area contributed by atoms with E-state index in [1.165, 1.54) is 12.0 Å². The summed E-state index contributed by atoms with van der Waals surface area (Å²) in [7, 11) is 0. The molecule has 0 aromatic rings. The van der Waals surface area contributed by atoms with E-state index in [0.717, 1.165) is 0 Å². The van der Waals surface area contributed by atoms with Crippen LogP contribution in [0.3, 0.4) is 0 Å². The van der Waals surface area contributed by atoms with E-state index in [-0.39, 0.29) is 0 Å². The number of rotatable bonds is 2. The summed E-state index contributed by atoms with van der Waals surface area (Å²) in [6.07, 6.45) is 1.22. The highest BCUT2D eigenvalue weighted by Gasteiger charge is 1.94. The number of hydrogen-bond acceptors (Lipinski definition) is 0. The van der Waals surface area contributed by atoms with Crippen LogP contribution in [0.5, 0.6) is 0 Å². The van der Waals surface area contributed by atoms with Crippen LogP contribution in [0.2, 0.25) is 0 Å². The van der Waals surface area contributed by atoms with Gasteiger partial charge in [0.15, 0.2) is 0 Å². The van der Waals surface area contributed by atoms with Gasteiger partial charge in [-0.15, -0.1) is 0 Å². The summed E-state index contributed by atoms with van der Waals surface area (Å²) in [5.41, 5.74) is 1.29. The first-order valence-corrected chi connectivity index (χ1v) is 4.83. The van der Waals surface area contributed by atoms with Crippen LogP contribution in [0.1, 0.15) is 54.9 Å². The molecule has 0 spiro atoms. The third-order valence-electron chi connectivity index (χ3n) is 1.45. The second-order valence-electron chi connectivity index (χ2n) is 2.16. The van der Waals surface area contributed by atoms with Crippen molar-refractivity contribution in [2.45, 2.75) is 54.9 Å². The minimum atomic E-state index is 0.708. The third-order valence-corrected chi connectivity index (χ3v) is 1.45. The SMILES string of the molecule is C=C(C)C(C)CC.CC.CC. The second kappa shape index (κ2) is 16.4. The first-order chi connectivity index (χ1) is 5.18. The molecule has 0 bridgehead atoms. The third kappa shape index (κ3) is 17.7. The van der Waals surface area contributed by atoms with Crippen molar-refractivity contribution in [2.24, 2.45) is 5.92 Å². The lowest BCUT2D eigenvalue weighted by Gasteiger charge is -2.04. The van der Waals surface area contributed by atoms with Crippen LogP contribution in [0.15, 0.2) is 12.2 Å². The highest BCUT2D eigenvalue weighted by molar-refractivity contribution is 4.92. The molecule has 0 saturated heterocycles. The van der Waals surface area contributed by atoms with Crippen LogP contribution in [-0.4, -0.2) is 0 Å². The summed E-state index contributed by atoms with van der Waals surface area (Å²) >= 11 is 0. The number of hydrogen-bond donors (Lipinski definition) is 0. The smallest absolute Gasteiger partial charge is 0.0240 e. The van der Waals surface area contributed by atoms with Gasteiger partial charge in [0, 0.05) is 0 Å². The molecule has 70 valence electrons. The van der Waals surface area contributed by atoms with Crippen molar-refractivity contribution in [2.75, 3.05) is 0 Å². The van der Waals surface area contributed by atoms with Gasteiger partial charge in [0.05, 0.1) is 0 Å². The summed E-state index contributed by atoms with van der Waals surface area (Å²) in [6.45, 7) is 18.3. The van der Waals surface area contributed by atoms with Crippen molar-refractivity contribution in [3.8, 4) is 0 Å². The Kier molecular flexibility index (Phi) is 25.3. The summed E-state index contributed by atoms with van der Waals surface area (Å²) in [5.74, 6) is 0.708. The maximum atomic E-state index is 3.83. The summed E-state index contributed by atoms with van der Waals surface area (Å²) in [6, 6.07) is 0. The lowest BCUT2D eigenvalue weighted by molar-refractivity contribution is 0.658. The molecule has 1 unspecified atom stereocenters. The first kappa shape index (κ1) is 17.0. The van der Waals surface area contributed by atoms with E-state index in [4.69, 9.17) is 0 Å². The van der Waals surface area contributed by atoms with E-state index in [9.17, 15) is 0 Å². The molecule has 0 rings (SSSR count). The largest absolute Gasteiger partial charge is 0.0999 e. The van der Waals surface area contributed by atoms with E-state index in [2.05, 4.69) is 27.4 Å². The molecular formula is C11H26. The minimum absolute atomic E-state index is 0.708. The van der Waals surface area contributed by atoms with Gasteiger partial charge in [-0.05, 0) is 19.3 Å². The van der Waals surface area contributed by atoms with Crippen LogP contribution in [-0.2, 0) is 0 Å². The Hall–Kier alpha value is -0.260. The molecule has 0 fully saturated rings. The Morgan fingerprint density at radius 2 is 1.45 bits per heavy atom. The Labute approximate surface area is 73.7 Å². The lowest BCUT2D eigenvalue weighted by Crippen LogP contribution is -1.89. The molecule has 0 aliphatic rings. The van der Waals surface area contributed by atoms with Crippen LogP contribution >= 0.6 is 0 Å². The van der Waals surface area contributed by atoms with Gasteiger partial charge in [0.1, 0.15) is 0 Å². The van der Waals surface area contributed by atoms with Crippen LogP contribution in [0.4, 0.5) is 0 Å². The molecule has 0 saturated carbocycles. The maximum absolute atomic E-state index is 3.83. The van der Waals surface area contributed by atoms with Crippen LogP contribution in [0, 0.1) is 5.92 Å². The molecule has 11 heavy (non-hydrogen) atoms. The molecule has 0 aliphatic carbocycles. The molecule has 0 N–H and O–H groups in total. The molecule has 0 heterocycles. The van der Waals surface area contributed by atoms with Gasteiger partial charge in [-0.1, -0.05) is 53.7 Å². The highest BCUT2D eigenvalue weighted by atomic mass is 14.0. The van der Waals surface area contributed by atoms with Crippen molar-refractivity contribution in [3.63, 3.8) is 0 Å². The summed E-state index contributed by atoms with van der Waals surface area (Å²) in [5, 5.41) is 0. The van der Waals surface area contributed by atoms with Crippen molar-refractivity contribution in [1.82, 2.24) is 0 Å². The van der Waals surface area contributed by atoms with Gasteiger partial charge in [-0.3, -0.25) is 0 Å². The molecule has 1 atom stereocenters. The summed E-state index contributed by atoms with van der Waals surface area (Å²) in [4.78, 5) is 0. The van der Waals surface area contributed by atoms with E-state index in [1.54, 1.807) is 0 Å². The van der Waals surface area contributed by atoms with Crippen LogP contribution in [0.25, 0.3) is 0 Å². The van der Waals surface area contributed by atoms with E-state index in [0.29, 0.717) is 5.92 Å². The first-order valence-electron chi connectivity index (χ1n) is 4.83. The Balaban J connectivity index is -0.000000138. The summed E-state index contributed by atoms with van der Waals surface area (Å²) < 4.78 is 0. The average Bonchev–Trinajstić information content (AvgIpc) is 2.10. The van der Waals surface area contributed by atoms with Gasteiger partial charge < -0.3 is 0 Å². The highest BCUT2D eigenvalue weighted by Crippen LogP contribution is 2.09. The predicted molar refractivity (Wildman–Crippen MR) is 57.0 cm³/mol. The molecule has 0 aromatic carbocycles. The van der Waals surface area contributed by atoms with Crippen molar-refractivity contribution < 1.29 is 0 Å². The van der Waals surface area contributed by atoms with Gasteiger partial charge in [-0.25, -0.2) is 0 Å². The quantitative estimate of drug-likeness (QED) is 0.513. The predicted octanol–water partition coefficient (Wildman–Crippen LogP) is 4.66. The van der Waals surface area contributed by atoms with Gasteiger partial charge >= 0.3 is 0 Å². The van der Waals surface area contributed by atoms with Gasteiger partial charge in [0.25, 0.3) is 0 Å². The second-order valence-corrected chi connectivity index (χ2v) is 2.16. The normalized spacial score (nSPS) is 9.73. The zero-order chi connectivity index (χ0) is 9.86. The van der Waals surface area contributed by atoms with Crippen molar-refractivity contribution in [1.29, 1.82) is 0 Å². The van der Waals surface area contributed by atoms with Gasteiger partial charge in [0.2, 0.25) is 0 Å². The Bertz CT molecular complexity index is 62.4. The fraction of sp³-hybridized carbons (Fsp3) is 0.818. The van der Waals surface area contributed by atoms with Crippen molar-refractivity contribution >= 4 is 0 Å². The molecule has 0 amide bonds. The lowest BCUT2D eigenvalue weighted by atomic mass is 10.0. The standard InChI is InChI=1S/C7H14.2C2H6/c1-5-7(4)6(2)3;2*1-2/h7H,2,5H2,1,3-4H3;2*1-2H3. The zero-order valence-corrected chi connectivity index (χ0v) is 9.49. The monoisotopic (exact) mass is 158 g/mol. The average molecular weight is 158 g/mol. The fourth-order valence-corrected chi connectivity index (χ4v) is 0.348. The number of allylic oxidation sites excluding steroid dienone is 1. The Morgan fingerprint density at radius 1 is 1.18 bits per heavy atom.